The van der Waals surface area contributed by atoms with Crippen LogP contribution in [0.3, 0.4) is 0 Å². The number of Topliss-reactive ketones (excluding diaryl/α,β-unsaturated/α-hetero) is 1. The first-order chi connectivity index (χ1) is 15.3. The number of aliphatic hydroxyl groups is 1. The molecule has 0 bridgehead atoms. The van der Waals surface area contributed by atoms with Gasteiger partial charge in [0.15, 0.2) is 0 Å². The molecule has 1 amide bonds. The highest BCUT2D eigenvalue weighted by Crippen LogP contribution is 2.40. The van der Waals surface area contributed by atoms with Crippen LogP contribution < -0.4 is 4.74 Å². The number of likely N-dealkylation sites (tertiary alicyclic amines) is 1. The van der Waals surface area contributed by atoms with E-state index < -0.39 is 29.5 Å². The van der Waals surface area contributed by atoms with Gasteiger partial charge in [-0.1, -0.05) is 18.6 Å². The van der Waals surface area contributed by atoms with Gasteiger partial charge >= 0.3 is 5.97 Å². The van der Waals surface area contributed by atoms with Crippen molar-refractivity contribution in [1.29, 1.82) is 0 Å². The Bertz CT molecular complexity index is 1050. The van der Waals surface area contributed by atoms with Gasteiger partial charge in [0.2, 0.25) is 0 Å². The fourth-order valence-corrected chi connectivity index (χ4v) is 3.77. The number of hydrogen-bond donors (Lipinski definition) is 2. The van der Waals surface area contributed by atoms with Crippen LogP contribution in [0.1, 0.15) is 42.9 Å². The molecule has 0 radical (unpaired) electrons. The number of methoxy groups -OCH3 is 1. The standard InChI is InChI=1S/C24H24FNO6/c1-32-18-7-5-6-16(14-18)21-20(22(29)15-9-11-17(25)12-10-15)23(30)24(31)26(21)13-4-2-3-8-19(27)28/h5-7,9-12,14,21,29H,2-4,8,13H2,1H3,(H,27,28)/t21-/m1/s1. The molecule has 1 aliphatic heterocycles. The van der Waals surface area contributed by atoms with Gasteiger partial charge in [0, 0.05) is 18.5 Å². The Hall–Kier alpha value is -3.68. The molecule has 0 saturated carbocycles. The molecule has 8 heteroatoms. The highest BCUT2D eigenvalue weighted by molar-refractivity contribution is 6.46. The molecule has 7 nitrogen and oxygen atoms in total. The number of rotatable bonds is 9. The number of unbranched alkanes of at least 4 members (excludes halogenated alkanes) is 2. The highest BCUT2D eigenvalue weighted by atomic mass is 19.1. The van der Waals surface area contributed by atoms with Crippen molar-refractivity contribution in [3.05, 3.63) is 71.0 Å². The molecule has 1 atom stereocenters. The number of aliphatic carboxylic acids is 1. The van der Waals surface area contributed by atoms with Crippen LogP contribution >= 0.6 is 0 Å². The average Bonchev–Trinajstić information content (AvgIpc) is 3.03. The van der Waals surface area contributed by atoms with E-state index >= 15 is 0 Å². The van der Waals surface area contributed by atoms with Gasteiger partial charge in [-0.3, -0.25) is 14.4 Å². The first-order valence-electron chi connectivity index (χ1n) is 10.2. The second-order valence-corrected chi connectivity index (χ2v) is 7.48. The van der Waals surface area contributed by atoms with Crippen molar-refractivity contribution in [2.24, 2.45) is 0 Å². The molecule has 168 valence electrons. The number of amides is 1. The number of carboxylic acids is 1. The first kappa shape index (κ1) is 23.0. The normalized spacial score (nSPS) is 17.6. The van der Waals surface area contributed by atoms with E-state index in [1.165, 1.54) is 24.1 Å². The molecule has 2 aromatic rings. The van der Waals surface area contributed by atoms with Crippen molar-refractivity contribution < 1.29 is 33.7 Å². The number of hydrogen-bond acceptors (Lipinski definition) is 5. The van der Waals surface area contributed by atoms with Crippen molar-refractivity contribution in [2.75, 3.05) is 13.7 Å². The van der Waals surface area contributed by atoms with Crippen molar-refractivity contribution in [2.45, 2.75) is 31.7 Å². The molecule has 3 rings (SSSR count). The minimum atomic E-state index is -0.888. The summed E-state index contributed by atoms with van der Waals surface area (Å²) < 4.78 is 18.6. The van der Waals surface area contributed by atoms with E-state index in [1.54, 1.807) is 24.3 Å². The summed E-state index contributed by atoms with van der Waals surface area (Å²) in [5.41, 5.74) is 0.719. The molecule has 1 fully saturated rings. The molecular formula is C24H24FNO6. The van der Waals surface area contributed by atoms with Crippen LogP contribution in [-0.2, 0) is 14.4 Å². The van der Waals surface area contributed by atoms with Gasteiger partial charge < -0.3 is 19.8 Å². The lowest BCUT2D eigenvalue weighted by atomic mass is 9.95. The zero-order valence-electron chi connectivity index (χ0n) is 17.6. The van der Waals surface area contributed by atoms with Gasteiger partial charge in [-0.25, -0.2) is 4.39 Å². The molecule has 1 heterocycles. The lowest BCUT2D eigenvalue weighted by Crippen LogP contribution is -2.30. The molecule has 2 aromatic carbocycles. The molecule has 1 saturated heterocycles. The minimum Gasteiger partial charge on any atom is -0.507 e. The predicted molar refractivity (Wildman–Crippen MR) is 115 cm³/mol. The van der Waals surface area contributed by atoms with E-state index in [0.717, 1.165) is 12.1 Å². The Morgan fingerprint density at radius 2 is 1.78 bits per heavy atom. The van der Waals surface area contributed by atoms with Crippen LogP contribution in [0.25, 0.3) is 5.76 Å². The number of nitrogens with zero attached hydrogens (tertiary/aromatic N) is 1. The zero-order valence-corrected chi connectivity index (χ0v) is 17.6. The molecule has 0 aromatic heterocycles. The van der Waals surface area contributed by atoms with E-state index in [1.807, 2.05) is 0 Å². The van der Waals surface area contributed by atoms with Crippen molar-refractivity contribution in [3.8, 4) is 5.75 Å². The third-order valence-corrected chi connectivity index (χ3v) is 5.36. The lowest BCUT2D eigenvalue weighted by Gasteiger charge is -2.25. The van der Waals surface area contributed by atoms with Gasteiger partial charge in [-0.05, 0) is 54.8 Å². The summed E-state index contributed by atoms with van der Waals surface area (Å²) in [6.45, 7) is 0.215. The lowest BCUT2D eigenvalue weighted by molar-refractivity contribution is -0.140. The fourth-order valence-electron chi connectivity index (χ4n) is 3.77. The Kier molecular flexibility index (Phi) is 7.25. The Morgan fingerprint density at radius 1 is 1.06 bits per heavy atom. The highest BCUT2D eigenvalue weighted by Gasteiger charge is 2.45. The smallest absolute Gasteiger partial charge is 0.303 e. The number of benzene rings is 2. The maximum atomic E-state index is 13.3. The van der Waals surface area contributed by atoms with Crippen molar-refractivity contribution >= 4 is 23.4 Å². The number of ketones is 1. The summed E-state index contributed by atoms with van der Waals surface area (Å²) in [5.74, 6) is -2.82. The molecular weight excluding hydrogens is 417 g/mol. The van der Waals surface area contributed by atoms with Crippen LogP contribution in [0, 0.1) is 5.82 Å². The van der Waals surface area contributed by atoms with E-state index in [-0.39, 0.29) is 29.9 Å². The van der Waals surface area contributed by atoms with Crippen molar-refractivity contribution in [3.63, 3.8) is 0 Å². The van der Waals surface area contributed by atoms with Crippen molar-refractivity contribution in [1.82, 2.24) is 4.90 Å². The summed E-state index contributed by atoms with van der Waals surface area (Å²) in [6.07, 6.45) is 1.55. The summed E-state index contributed by atoms with van der Waals surface area (Å²) in [5, 5.41) is 19.7. The Balaban J connectivity index is 1.99. The van der Waals surface area contributed by atoms with Gasteiger partial charge in [-0.2, -0.15) is 0 Å². The molecule has 0 unspecified atom stereocenters. The maximum Gasteiger partial charge on any atom is 0.303 e. The second kappa shape index (κ2) is 10.1. The third kappa shape index (κ3) is 4.96. The van der Waals surface area contributed by atoms with Gasteiger partial charge in [0.1, 0.15) is 17.3 Å². The van der Waals surface area contributed by atoms with Gasteiger partial charge in [-0.15, -0.1) is 0 Å². The van der Waals surface area contributed by atoms with Crippen LogP contribution in [0.2, 0.25) is 0 Å². The summed E-state index contributed by atoms with van der Waals surface area (Å²) >= 11 is 0. The number of carboxylic acid groups (broad SMARTS) is 1. The summed E-state index contributed by atoms with van der Waals surface area (Å²) in [6, 6.07) is 11.0. The molecule has 1 aliphatic rings. The fraction of sp³-hybridized carbons (Fsp3) is 0.292. The number of carbonyl (C=O) groups excluding carboxylic acids is 2. The van der Waals surface area contributed by atoms with Crippen LogP contribution in [0.4, 0.5) is 4.39 Å². The SMILES string of the molecule is COc1cccc([C@@H]2C(=C(O)c3ccc(F)cc3)C(=O)C(=O)N2CCCCCC(=O)O)c1. The summed E-state index contributed by atoms with van der Waals surface area (Å²) in [4.78, 5) is 37.9. The quantitative estimate of drug-likeness (QED) is 0.265. The zero-order chi connectivity index (χ0) is 23.3. The van der Waals surface area contributed by atoms with Gasteiger partial charge in [0.25, 0.3) is 11.7 Å². The van der Waals surface area contributed by atoms with E-state index in [4.69, 9.17) is 9.84 Å². The average molecular weight is 441 g/mol. The monoisotopic (exact) mass is 441 g/mol. The first-order valence-corrected chi connectivity index (χ1v) is 10.2. The van der Waals surface area contributed by atoms with Gasteiger partial charge in [0.05, 0.1) is 18.7 Å². The molecule has 32 heavy (non-hydrogen) atoms. The van der Waals surface area contributed by atoms with Crippen LogP contribution in [0.5, 0.6) is 5.75 Å². The molecule has 0 aliphatic carbocycles. The number of carbonyl (C=O) groups is 3. The minimum absolute atomic E-state index is 0.0305. The van der Waals surface area contributed by atoms with E-state index in [0.29, 0.717) is 30.6 Å². The maximum absolute atomic E-state index is 13.3. The van der Waals surface area contributed by atoms with E-state index in [9.17, 15) is 23.9 Å². The summed E-state index contributed by atoms with van der Waals surface area (Å²) in [7, 11) is 1.50. The van der Waals surface area contributed by atoms with Crippen LogP contribution in [0.15, 0.2) is 54.1 Å². The number of aliphatic hydroxyl groups excluding tert-OH is 1. The largest absolute Gasteiger partial charge is 0.507 e. The molecule has 0 spiro atoms. The predicted octanol–water partition coefficient (Wildman–Crippen LogP) is 3.90. The second-order valence-electron chi connectivity index (χ2n) is 7.48. The molecule has 2 N–H and O–H groups in total. The Morgan fingerprint density at radius 3 is 2.44 bits per heavy atom. The number of ether oxygens (including phenoxy) is 1. The van der Waals surface area contributed by atoms with Crippen LogP contribution in [-0.4, -0.2) is 46.4 Å². The van der Waals surface area contributed by atoms with E-state index in [2.05, 4.69) is 0 Å². The third-order valence-electron chi connectivity index (χ3n) is 5.36. The number of halogens is 1. The topological polar surface area (TPSA) is 104 Å². The Labute approximate surface area is 184 Å².